The molecule has 2 heterocycles. The van der Waals surface area contributed by atoms with Gasteiger partial charge < -0.3 is 19.8 Å². The molecule has 2 aromatic heterocycles. The molecule has 0 spiro atoms. The fraction of sp³-hybridized carbons (Fsp3) is 0.190. The summed E-state index contributed by atoms with van der Waals surface area (Å²) in [6.45, 7) is 0.493. The van der Waals surface area contributed by atoms with Crippen LogP contribution in [0.4, 0.5) is 15.9 Å². The Morgan fingerprint density at radius 3 is 2.80 bits per heavy atom. The zero-order chi connectivity index (χ0) is 20.9. The fourth-order valence-electron chi connectivity index (χ4n) is 3.00. The maximum absolute atomic E-state index is 13.4. The van der Waals surface area contributed by atoms with E-state index in [0.29, 0.717) is 35.1 Å². The van der Waals surface area contributed by atoms with Crippen LogP contribution < -0.4 is 14.8 Å². The number of rotatable bonds is 8. The summed E-state index contributed by atoms with van der Waals surface area (Å²) in [5, 5.41) is 3.92. The highest BCUT2D eigenvalue weighted by Crippen LogP contribution is 2.35. The number of aromatic nitrogens is 4. The maximum Gasteiger partial charge on any atom is 0.162 e. The lowest BCUT2D eigenvalue weighted by Crippen LogP contribution is -2.03. The van der Waals surface area contributed by atoms with Gasteiger partial charge in [0.1, 0.15) is 23.8 Å². The van der Waals surface area contributed by atoms with Crippen LogP contribution in [0.1, 0.15) is 12.2 Å². The molecule has 0 saturated carbocycles. The number of hydrogen-bond donors (Lipinski definition) is 2. The molecule has 0 aliphatic carbocycles. The molecule has 0 fully saturated rings. The minimum absolute atomic E-state index is 0.0283. The highest BCUT2D eigenvalue weighted by molar-refractivity contribution is 6.31. The first-order valence-electron chi connectivity index (χ1n) is 9.30. The lowest BCUT2D eigenvalue weighted by Gasteiger charge is -2.14. The number of H-pyrrole nitrogens is 1. The molecule has 154 valence electrons. The zero-order valence-electron chi connectivity index (χ0n) is 16.2. The predicted octanol–water partition coefficient (Wildman–Crippen LogP) is 4.91. The Balaban J connectivity index is 1.57. The summed E-state index contributed by atoms with van der Waals surface area (Å²) >= 11 is 5.88. The molecule has 4 rings (SSSR count). The van der Waals surface area contributed by atoms with Crippen LogP contribution in [-0.2, 0) is 6.42 Å². The quantitative estimate of drug-likeness (QED) is 0.389. The Kier molecular flexibility index (Phi) is 5.94. The zero-order valence-corrected chi connectivity index (χ0v) is 16.9. The minimum atomic E-state index is -0.482. The van der Waals surface area contributed by atoms with Gasteiger partial charge in [-0.1, -0.05) is 11.6 Å². The lowest BCUT2D eigenvalue weighted by atomic mass is 10.2. The first-order chi connectivity index (χ1) is 14.6. The molecule has 0 radical (unpaired) electrons. The van der Waals surface area contributed by atoms with Crippen molar-refractivity contribution in [2.24, 2.45) is 0 Å². The Morgan fingerprint density at radius 2 is 2.03 bits per heavy atom. The molecule has 0 saturated heterocycles. The molecule has 0 amide bonds. The molecular formula is C21H19ClFN5O2. The Labute approximate surface area is 177 Å². The van der Waals surface area contributed by atoms with Gasteiger partial charge in [0, 0.05) is 36.0 Å². The van der Waals surface area contributed by atoms with Gasteiger partial charge in [0.2, 0.25) is 0 Å². The smallest absolute Gasteiger partial charge is 0.162 e. The van der Waals surface area contributed by atoms with Gasteiger partial charge in [-0.15, -0.1) is 0 Å². The van der Waals surface area contributed by atoms with Crippen molar-refractivity contribution < 1.29 is 13.9 Å². The van der Waals surface area contributed by atoms with Crippen LogP contribution in [0.25, 0.3) is 10.9 Å². The normalized spacial score (nSPS) is 10.9. The second-order valence-corrected chi connectivity index (χ2v) is 6.89. The second kappa shape index (κ2) is 8.96. The van der Waals surface area contributed by atoms with Crippen molar-refractivity contribution in [3.63, 3.8) is 0 Å². The minimum Gasteiger partial charge on any atom is -0.493 e. The van der Waals surface area contributed by atoms with Gasteiger partial charge in [0.25, 0.3) is 0 Å². The van der Waals surface area contributed by atoms with Gasteiger partial charge in [-0.3, -0.25) is 0 Å². The number of imidazole rings is 1. The molecule has 0 bridgehead atoms. The Morgan fingerprint density at radius 1 is 1.13 bits per heavy atom. The number of fused-ring (bicyclic) bond motifs is 1. The summed E-state index contributed by atoms with van der Waals surface area (Å²) in [6, 6.07) is 8.01. The van der Waals surface area contributed by atoms with Crippen LogP contribution in [0.15, 0.2) is 49.1 Å². The summed E-state index contributed by atoms with van der Waals surface area (Å²) in [4.78, 5) is 15.9. The van der Waals surface area contributed by atoms with Crippen molar-refractivity contribution in [1.29, 1.82) is 0 Å². The van der Waals surface area contributed by atoms with E-state index < -0.39 is 5.82 Å². The largest absolute Gasteiger partial charge is 0.493 e. The third-order valence-electron chi connectivity index (χ3n) is 4.47. The number of aromatic amines is 1. The van der Waals surface area contributed by atoms with Crippen LogP contribution in [0.5, 0.6) is 11.5 Å². The molecule has 0 atom stereocenters. The molecule has 2 aromatic carbocycles. The molecule has 9 heteroatoms. The lowest BCUT2D eigenvalue weighted by molar-refractivity contribution is 0.289. The summed E-state index contributed by atoms with van der Waals surface area (Å²) in [5.74, 6) is 2.15. The second-order valence-electron chi connectivity index (χ2n) is 6.48. The number of hydrogen-bond acceptors (Lipinski definition) is 6. The van der Waals surface area contributed by atoms with Crippen LogP contribution in [0.3, 0.4) is 0 Å². The van der Waals surface area contributed by atoms with E-state index in [1.54, 1.807) is 31.6 Å². The van der Waals surface area contributed by atoms with Crippen molar-refractivity contribution in [2.45, 2.75) is 12.8 Å². The van der Waals surface area contributed by atoms with E-state index in [1.165, 1.54) is 18.5 Å². The molecule has 2 N–H and O–H groups in total. The van der Waals surface area contributed by atoms with E-state index >= 15 is 0 Å². The van der Waals surface area contributed by atoms with E-state index in [2.05, 4.69) is 25.3 Å². The number of nitrogens with zero attached hydrogens (tertiary/aromatic N) is 3. The van der Waals surface area contributed by atoms with Crippen LogP contribution in [0.2, 0.25) is 5.02 Å². The topological polar surface area (TPSA) is 85.0 Å². The standard InChI is InChI=1S/C21H19ClFN5O2/c1-29-18-11-17-14(10-19(18)30-8-2-3-20-24-6-7-25-20)21(27-12-26-17)28-13-4-5-16(23)15(22)9-13/h4-7,9-12H,2-3,8H2,1H3,(H,24,25)(H,26,27,28). The molecule has 0 aliphatic rings. The average molecular weight is 428 g/mol. The van der Waals surface area contributed by atoms with E-state index in [-0.39, 0.29) is 5.02 Å². The van der Waals surface area contributed by atoms with Crippen molar-refractivity contribution in [3.05, 3.63) is 65.7 Å². The van der Waals surface area contributed by atoms with E-state index in [0.717, 1.165) is 24.1 Å². The summed E-state index contributed by atoms with van der Waals surface area (Å²) < 4.78 is 24.9. The molecule has 0 aliphatic heterocycles. The van der Waals surface area contributed by atoms with Gasteiger partial charge in [-0.2, -0.15) is 0 Å². The van der Waals surface area contributed by atoms with E-state index in [9.17, 15) is 4.39 Å². The monoisotopic (exact) mass is 427 g/mol. The van der Waals surface area contributed by atoms with Gasteiger partial charge in [0.05, 0.1) is 24.3 Å². The predicted molar refractivity (Wildman–Crippen MR) is 113 cm³/mol. The Bertz CT molecular complexity index is 1150. The van der Waals surface area contributed by atoms with E-state index in [4.69, 9.17) is 21.1 Å². The summed E-state index contributed by atoms with van der Waals surface area (Å²) in [7, 11) is 1.58. The molecule has 30 heavy (non-hydrogen) atoms. The van der Waals surface area contributed by atoms with E-state index in [1.807, 2.05) is 6.07 Å². The van der Waals surface area contributed by atoms with Crippen molar-refractivity contribution >= 4 is 34.0 Å². The number of ether oxygens (including phenoxy) is 2. The van der Waals surface area contributed by atoms with Crippen molar-refractivity contribution in [1.82, 2.24) is 19.9 Å². The van der Waals surface area contributed by atoms with Crippen molar-refractivity contribution in [3.8, 4) is 11.5 Å². The summed E-state index contributed by atoms with van der Waals surface area (Å²) in [6.07, 6.45) is 6.54. The molecule has 7 nitrogen and oxygen atoms in total. The van der Waals surface area contributed by atoms with Gasteiger partial charge in [0.15, 0.2) is 11.5 Å². The fourth-order valence-corrected chi connectivity index (χ4v) is 3.18. The third kappa shape index (κ3) is 4.44. The number of benzene rings is 2. The average Bonchev–Trinajstić information content (AvgIpc) is 3.27. The SMILES string of the molecule is COc1cc2ncnc(Nc3ccc(F)c(Cl)c3)c2cc1OCCCc1ncc[nH]1. The van der Waals surface area contributed by atoms with Crippen LogP contribution >= 0.6 is 11.6 Å². The van der Waals surface area contributed by atoms with Gasteiger partial charge in [-0.25, -0.2) is 19.3 Å². The first-order valence-corrected chi connectivity index (χ1v) is 9.67. The first kappa shape index (κ1) is 19.9. The molecular weight excluding hydrogens is 409 g/mol. The van der Waals surface area contributed by atoms with Gasteiger partial charge >= 0.3 is 0 Å². The molecule has 4 aromatic rings. The van der Waals surface area contributed by atoms with Crippen LogP contribution in [0, 0.1) is 5.82 Å². The number of anilines is 2. The highest BCUT2D eigenvalue weighted by Gasteiger charge is 2.12. The number of aryl methyl sites for hydroxylation is 1. The maximum atomic E-state index is 13.4. The third-order valence-corrected chi connectivity index (χ3v) is 4.76. The highest BCUT2D eigenvalue weighted by atomic mass is 35.5. The number of halogens is 2. The van der Waals surface area contributed by atoms with Crippen molar-refractivity contribution in [2.75, 3.05) is 19.0 Å². The summed E-state index contributed by atoms with van der Waals surface area (Å²) in [5.41, 5.74) is 1.29. The Hall–Kier alpha value is -3.39. The number of nitrogens with one attached hydrogen (secondary N) is 2. The van der Waals surface area contributed by atoms with Crippen LogP contribution in [-0.4, -0.2) is 33.7 Å². The van der Waals surface area contributed by atoms with Gasteiger partial charge in [-0.05, 0) is 30.7 Å². The molecule has 0 unspecified atom stereocenters. The number of methoxy groups -OCH3 is 1.